The Morgan fingerprint density at radius 2 is 2.27 bits per heavy atom. The summed E-state index contributed by atoms with van der Waals surface area (Å²) in [5.74, 6) is 0. The van der Waals surface area contributed by atoms with Gasteiger partial charge in [-0.2, -0.15) is 0 Å². The number of carbonyl (C=O) groups is 1. The summed E-state index contributed by atoms with van der Waals surface area (Å²) < 4.78 is 0. The molecule has 0 aliphatic carbocycles. The van der Waals surface area contributed by atoms with Crippen LogP contribution in [0.1, 0.15) is 26.2 Å². The summed E-state index contributed by atoms with van der Waals surface area (Å²) in [5, 5.41) is 2.65. The monoisotopic (exact) mass is 156 g/mol. The molecule has 64 valence electrons. The Labute approximate surface area is 67.8 Å². The number of nitrogens with one attached hydrogen (secondary N) is 1. The first kappa shape index (κ1) is 8.37. The van der Waals surface area contributed by atoms with Crippen molar-refractivity contribution in [3.63, 3.8) is 0 Å². The highest BCUT2D eigenvalue weighted by Crippen LogP contribution is 2.15. The highest BCUT2D eigenvalue weighted by Gasteiger charge is 2.21. The second-order valence-corrected chi connectivity index (χ2v) is 3.09. The number of hydrogen-bond acceptors (Lipinski definition) is 1. The zero-order valence-corrected chi connectivity index (χ0v) is 7.26. The van der Waals surface area contributed by atoms with Crippen LogP contribution in [0.25, 0.3) is 0 Å². The van der Waals surface area contributed by atoms with Crippen LogP contribution < -0.4 is 5.32 Å². The van der Waals surface area contributed by atoms with Gasteiger partial charge in [-0.15, -0.1) is 0 Å². The van der Waals surface area contributed by atoms with Crippen molar-refractivity contribution >= 4 is 6.03 Å². The standard InChI is InChI=1S/C8H16N2O/c1-7-5-3-4-6-10(7)8(11)9-2/h7H,3-6H2,1-2H3,(H,9,11)/t7-/m0/s1. The summed E-state index contributed by atoms with van der Waals surface area (Å²) in [6, 6.07) is 0.487. The number of nitrogens with zero attached hydrogens (tertiary/aromatic N) is 1. The van der Waals surface area contributed by atoms with Crippen LogP contribution in [0.2, 0.25) is 0 Å². The van der Waals surface area contributed by atoms with E-state index in [1.165, 1.54) is 6.42 Å². The van der Waals surface area contributed by atoms with Crippen LogP contribution in [-0.2, 0) is 0 Å². The first-order valence-corrected chi connectivity index (χ1v) is 4.24. The number of piperidine rings is 1. The van der Waals surface area contributed by atoms with Gasteiger partial charge in [0.1, 0.15) is 0 Å². The molecule has 1 heterocycles. The van der Waals surface area contributed by atoms with E-state index < -0.39 is 0 Å². The summed E-state index contributed by atoms with van der Waals surface area (Å²) in [6.45, 7) is 3.02. The summed E-state index contributed by atoms with van der Waals surface area (Å²) >= 11 is 0. The molecular weight excluding hydrogens is 140 g/mol. The lowest BCUT2D eigenvalue weighted by atomic mass is 10.0. The number of amides is 2. The molecule has 0 spiro atoms. The van der Waals surface area contributed by atoms with E-state index in [1.54, 1.807) is 7.05 Å². The minimum Gasteiger partial charge on any atom is -0.341 e. The number of rotatable bonds is 0. The quantitative estimate of drug-likeness (QED) is 0.561. The molecule has 1 fully saturated rings. The lowest BCUT2D eigenvalue weighted by Crippen LogP contribution is -2.46. The van der Waals surface area contributed by atoms with E-state index in [9.17, 15) is 4.79 Å². The molecule has 0 radical (unpaired) electrons. The molecule has 1 aliphatic rings. The number of likely N-dealkylation sites (tertiary alicyclic amines) is 1. The molecule has 0 saturated carbocycles. The molecule has 11 heavy (non-hydrogen) atoms. The van der Waals surface area contributed by atoms with Crippen molar-refractivity contribution in [2.24, 2.45) is 0 Å². The molecule has 0 unspecified atom stereocenters. The number of hydrogen-bond donors (Lipinski definition) is 1. The Morgan fingerprint density at radius 3 is 2.82 bits per heavy atom. The summed E-state index contributed by atoms with van der Waals surface area (Å²) in [7, 11) is 1.68. The maximum Gasteiger partial charge on any atom is 0.317 e. The smallest absolute Gasteiger partial charge is 0.317 e. The van der Waals surface area contributed by atoms with Crippen LogP contribution in [0.3, 0.4) is 0 Å². The highest BCUT2D eigenvalue weighted by molar-refractivity contribution is 5.74. The summed E-state index contributed by atoms with van der Waals surface area (Å²) in [6.07, 6.45) is 3.56. The first-order chi connectivity index (χ1) is 5.25. The first-order valence-electron chi connectivity index (χ1n) is 4.24. The van der Waals surface area contributed by atoms with Crippen LogP contribution in [-0.4, -0.2) is 30.6 Å². The average molecular weight is 156 g/mol. The maximum atomic E-state index is 11.2. The van der Waals surface area contributed by atoms with Crippen LogP contribution >= 0.6 is 0 Å². The van der Waals surface area contributed by atoms with E-state index in [0.717, 1.165) is 19.4 Å². The molecule has 1 aliphatic heterocycles. The van der Waals surface area contributed by atoms with Gasteiger partial charge in [-0.25, -0.2) is 4.79 Å². The summed E-state index contributed by atoms with van der Waals surface area (Å²) in [5.41, 5.74) is 0. The molecule has 0 aromatic rings. The van der Waals surface area contributed by atoms with E-state index in [-0.39, 0.29) is 6.03 Å². The highest BCUT2D eigenvalue weighted by atomic mass is 16.2. The molecule has 1 N–H and O–H groups in total. The van der Waals surface area contributed by atoms with Gasteiger partial charge in [-0.05, 0) is 26.2 Å². The van der Waals surface area contributed by atoms with Crippen molar-refractivity contribution in [3.8, 4) is 0 Å². The van der Waals surface area contributed by atoms with Gasteiger partial charge in [0.2, 0.25) is 0 Å². The largest absolute Gasteiger partial charge is 0.341 e. The van der Waals surface area contributed by atoms with Gasteiger partial charge in [0.25, 0.3) is 0 Å². The van der Waals surface area contributed by atoms with E-state index >= 15 is 0 Å². The minimum absolute atomic E-state index is 0.0669. The fourth-order valence-electron chi connectivity index (χ4n) is 1.54. The van der Waals surface area contributed by atoms with E-state index in [0.29, 0.717) is 6.04 Å². The van der Waals surface area contributed by atoms with Crippen molar-refractivity contribution in [3.05, 3.63) is 0 Å². The number of carbonyl (C=O) groups excluding carboxylic acids is 1. The predicted molar refractivity (Wildman–Crippen MR) is 44.5 cm³/mol. The Morgan fingerprint density at radius 1 is 1.55 bits per heavy atom. The molecule has 0 aromatic carbocycles. The van der Waals surface area contributed by atoms with Gasteiger partial charge in [-0.3, -0.25) is 0 Å². The average Bonchev–Trinajstić information content (AvgIpc) is 2.04. The van der Waals surface area contributed by atoms with E-state index in [2.05, 4.69) is 12.2 Å². The van der Waals surface area contributed by atoms with Crippen molar-refractivity contribution in [2.45, 2.75) is 32.2 Å². The normalized spacial score (nSPS) is 24.9. The number of urea groups is 1. The van der Waals surface area contributed by atoms with Crippen molar-refractivity contribution in [2.75, 3.05) is 13.6 Å². The van der Waals surface area contributed by atoms with Crippen molar-refractivity contribution in [1.82, 2.24) is 10.2 Å². The Kier molecular flexibility index (Phi) is 2.74. The van der Waals surface area contributed by atoms with Crippen LogP contribution in [0, 0.1) is 0 Å². The molecule has 1 atom stereocenters. The third kappa shape index (κ3) is 1.85. The van der Waals surface area contributed by atoms with Gasteiger partial charge in [0.15, 0.2) is 0 Å². The fraction of sp³-hybridized carbons (Fsp3) is 0.875. The van der Waals surface area contributed by atoms with Gasteiger partial charge >= 0.3 is 6.03 Å². The molecule has 2 amide bonds. The molecule has 3 heteroatoms. The van der Waals surface area contributed by atoms with E-state index in [4.69, 9.17) is 0 Å². The van der Waals surface area contributed by atoms with Crippen molar-refractivity contribution < 1.29 is 4.79 Å². The maximum absolute atomic E-state index is 11.2. The van der Waals surface area contributed by atoms with E-state index in [1.807, 2.05) is 4.90 Å². The zero-order chi connectivity index (χ0) is 8.27. The van der Waals surface area contributed by atoms with Gasteiger partial charge in [-0.1, -0.05) is 0 Å². The zero-order valence-electron chi connectivity index (χ0n) is 7.26. The van der Waals surface area contributed by atoms with Gasteiger partial charge < -0.3 is 10.2 Å². The van der Waals surface area contributed by atoms with Gasteiger partial charge in [0, 0.05) is 19.6 Å². The molecular formula is C8H16N2O. The third-order valence-corrected chi connectivity index (χ3v) is 2.28. The Hall–Kier alpha value is -0.730. The fourth-order valence-corrected chi connectivity index (χ4v) is 1.54. The minimum atomic E-state index is 0.0669. The van der Waals surface area contributed by atoms with Crippen molar-refractivity contribution in [1.29, 1.82) is 0 Å². The lowest BCUT2D eigenvalue weighted by Gasteiger charge is -2.32. The predicted octanol–water partition coefficient (Wildman–Crippen LogP) is 1.20. The second kappa shape index (κ2) is 3.60. The van der Waals surface area contributed by atoms with Crippen LogP contribution in [0.15, 0.2) is 0 Å². The topological polar surface area (TPSA) is 32.3 Å². The molecule has 1 saturated heterocycles. The molecule has 0 aromatic heterocycles. The SMILES string of the molecule is CNC(=O)N1CCCC[C@@H]1C. The molecule has 1 rings (SSSR count). The molecule has 0 bridgehead atoms. The Balaban J connectivity index is 2.47. The van der Waals surface area contributed by atoms with Crippen LogP contribution in [0.5, 0.6) is 0 Å². The summed E-state index contributed by atoms with van der Waals surface area (Å²) in [4.78, 5) is 13.1. The lowest BCUT2D eigenvalue weighted by molar-refractivity contribution is 0.160. The second-order valence-electron chi connectivity index (χ2n) is 3.09. The Bertz CT molecular complexity index is 147. The van der Waals surface area contributed by atoms with Crippen LogP contribution in [0.4, 0.5) is 4.79 Å². The molecule has 3 nitrogen and oxygen atoms in total. The third-order valence-electron chi connectivity index (χ3n) is 2.28. The van der Waals surface area contributed by atoms with Gasteiger partial charge in [0.05, 0.1) is 0 Å².